The summed E-state index contributed by atoms with van der Waals surface area (Å²) in [4.78, 5) is 33.3. The number of piperazine rings is 1. The van der Waals surface area contributed by atoms with Gasteiger partial charge in [-0.15, -0.1) is 0 Å². The second-order valence-electron chi connectivity index (χ2n) is 6.88. The normalized spacial score (nSPS) is 14.3. The molecule has 0 spiro atoms. The molecule has 3 aromatic rings. The molecule has 2 amide bonds. The smallest absolute Gasteiger partial charge is 0.257 e. The molecule has 2 aromatic heterocycles. The first kappa shape index (κ1) is 19.2. The summed E-state index contributed by atoms with van der Waals surface area (Å²) >= 11 is 5.94. The molecule has 0 unspecified atom stereocenters. The van der Waals surface area contributed by atoms with Crippen LogP contribution in [0, 0.1) is 6.92 Å². The standard InChI is InChI=1S/C20H21ClN6O2/c1-14-18(19-22-7-2-8-27(19)24-14)20(29)23-13-17(28)26-11-9-25(10-12-26)16-5-3-15(21)4-6-16/h2-8H,9-13H2,1H3,(H,23,29). The third-order valence-corrected chi connectivity index (χ3v) is 5.27. The van der Waals surface area contributed by atoms with Gasteiger partial charge in [-0.3, -0.25) is 9.59 Å². The van der Waals surface area contributed by atoms with E-state index in [1.54, 1.807) is 34.8 Å². The quantitative estimate of drug-likeness (QED) is 0.706. The largest absolute Gasteiger partial charge is 0.368 e. The molecule has 0 atom stereocenters. The number of rotatable bonds is 4. The molecule has 8 nitrogen and oxygen atoms in total. The van der Waals surface area contributed by atoms with Crippen LogP contribution in [0.3, 0.4) is 0 Å². The predicted molar refractivity (Wildman–Crippen MR) is 110 cm³/mol. The lowest BCUT2D eigenvalue weighted by Gasteiger charge is -2.36. The van der Waals surface area contributed by atoms with Crippen molar-refractivity contribution in [2.24, 2.45) is 0 Å². The molecule has 1 aliphatic rings. The number of carbonyl (C=O) groups is 2. The number of aryl methyl sites for hydroxylation is 1. The van der Waals surface area contributed by atoms with E-state index in [0.717, 1.165) is 18.8 Å². The van der Waals surface area contributed by atoms with E-state index in [1.165, 1.54) is 0 Å². The lowest BCUT2D eigenvalue weighted by Crippen LogP contribution is -2.51. The van der Waals surface area contributed by atoms with Crippen LogP contribution in [0.15, 0.2) is 42.7 Å². The molecule has 150 valence electrons. The van der Waals surface area contributed by atoms with Gasteiger partial charge in [0.25, 0.3) is 5.91 Å². The topological polar surface area (TPSA) is 82.8 Å². The number of carbonyl (C=O) groups excluding carboxylic acids is 2. The lowest BCUT2D eigenvalue weighted by molar-refractivity contribution is -0.130. The molecule has 0 saturated carbocycles. The average molecular weight is 413 g/mol. The summed E-state index contributed by atoms with van der Waals surface area (Å²) in [7, 11) is 0. The van der Waals surface area contributed by atoms with E-state index in [9.17, 15) is 9.59 Å². The van der Waals surface area contributed by atoms with Crippen LogP contribution >= 0.6 is 11.6 Å². The predicted octanol–water partition coefficient (Wildman–Crippen LogP) is 1.77. The van der Waals surface area contributed by atoms with Gasteiger partial charge in [0.1, 0.15) is 5.56 Å². The van der Waals surface area contributed by atoms with Crippen LogP contribution in [0.4, 0.5) is 5.69 Å². The molecular weight excluding hydrogens is 392 g/mol. The second-order valence-corrected chi connectivity index (χ2v) is 7.31. The maximum absolute atomic E-state index is 12.6. The van der Waals surface area contributed by atoms with Gasteiger partial charge in [-0.2, -0.15) is 5.10 Å². The van der Waals surface area contributed by atoms with Crippen LogP contribution in [-0.4, -0.2) is 64.0 Å². The molecule has 0 radical (unpaired) electrons. The van der Waals surface area contributed by atoms with E-state index in [0.29, 0.717) is 35.0 Å². The molecule has 0 aliphatic carbocycles. The summed E-state index contributed by atoms with van der Waals surface area (Å²) in [5.74, 6) is -0.444. The van der Waals surface area contributed by atoms with Gasteiger partial charge in [0.05, 0.1) is 12.2 Å². The summed E-state index contributed by atoms with van der Waals surface area (Å²) in [5, 5.41) is 7.69. The highest BCUT2D eigenvalue weighted by atomic mass is 35.5. The molecule has 29 heavy (non-hydrogen) atoms. The Morgan fingerprint density at radius 1 is 1.14 bits per heavy atom. The Morgan fingerprint density at radius 3 is 2.59 bits per heavy atom. The maximum atomic E-state index is 12.6. The third kappa shape index (κ3) is 4.02. The zero-order valence-corrected chi connectivity index (χ0v) is 16.8. The van der Waals surface area contributed by atoms with Crippen LogP contribution in [0.5, 0.6) is 0 Å². The van der Waals surface area contributed by atoms with Crippen molar-refractivity contribution < 1.29 is 9.59 Å². The monoisotopic (exact) mass is 412 g/mol. The fourth-order valence-electron chi connectivity index (χ4n) is 3.48. The van der Waals surface area contributed by atoms with E-state index in [-0.39, 0.29) is 18.4 Å². The van der Waals surface area contributed by atoms with Crippen LogP contribution in [-0.2, 0) is 4.79 Å². The minimum absolute atomic E-state index is 0.0522. The number of nitrogens with zero attached hydrogens (tertiary/aromatic N) is 5. The SMILES string of the molecule is Cc1nn2cccnc2c1C(=O)NCC(=O)N1CCN(c2ccc(Cl)cc2)CC1. The summed E-state index contributed by atoms with van der Waals surface area (Å²) in [5.41, 5.74) is 2.54. The minimum atomic E-state index is -0.343. The van der Waals surface area contributed by atoms with E-state index in [2.05, 4.69) is 20.3 Å². The Balaban J connectivity index is 1.32. The first-order valence-corrected chi connectivity index (χ1v) is 9.77. The number of anilines is 1. The zero-order chi connectivity index (χ0) is 20.4. The van der Waals surface area contributed by atoms with Crippen molar-refractivity contribution in [3.05, 3.63) is 59.0 Å². The Morgan fingerprint density at radius 2 is 1.86 bits per heavy atom. The number of hydrogen-bond donors (Lipinski definition) is 1. The number of amides is 2. The van der Waals surface area contributed by atoms with E-state index in [4.69, 9.17) is 11.6 Å². The van der Waals surface area contributed by atoms with Crippen molar-refractivity contribution in [2.75, 3.05) is 37.6 Å². The molecule has 3 heterocycles. The zero-order valence-electron chi connectivity index (χ0n) is 16.0. The molecule has 0 bridgehead atoms. The van der Waals surface area contributed by atoms with Crippen LogP contribution in [0.1, 0.15) is 16.1 Å². The van der Waals surface area contributed by atoms with Crippen molar-refractivity contribution in [1.29, 1.82) is 0 Å². The number of benzene rings is 1. The Labute approximate surface area is 173 Å². The van der Waals surface area contributed by atoms with Crippen molar-refractivity contribution in [3.8, 4) is 0 Å². The number of fused-ring (bicyclic) bond motifs is 1. The molecule has 1 N–H and O–H groups in total. The molecular formula is C20H21ClN6O2. The van der Waals surface area contributed by atoms with Gasteiger partial charge in [0.15, 0.2) is 5.65 Å². The number of nitrogens with one attached hydrogen (secondary N) is 1. The van der Waals surface area contributed by atoms with E-state index in [1.807, 2.05) is 24.3 Å². The van der Waals surface area contributed by atoms with Crippen molar-refractivity contribution >= 4 is 34.7 Å². The fourth-order valence-corrected chi connectivity index (χ4v) is 3.61. The van der Waals surface area contributed by atoms with Crippen LogP contribution < -0.4 is 10.2 Å². The molecule has 4 rings (SSSR count). The lowest BCUT2D eigenvalue weighted by atomic mass is 10.2. The third-order valence-electron chi connectivity index (χ3n) is 5.02. The fraction of sp³-hybridized carbons (Fsp3) is 0.300. The van der Waals surface area contributed by atoms with Crippen molar-refractivity contribution in [2.45, 2.75) is 6.92 Å². The Bertz CT molecular complexity index is 1040. The van der Waals surface area contributed by atoms with Gasteiger partial charge in [0.2, 0.25) is 5.91 Å². The highest BCUT2D eigenvalue weighted by molar-refractivity contribution is 6.30. The van der Waals surface area contributed by atoms with Gasteiger partial charge in [0, 0.05) is 49.3 Å². The summed E-state index contributed by atoms with van der Waals surface area (Å²) in [6, 6.07) is 9.43. The van der Waals surface area contributed by atoms with Gasteiger partial charge in [-0.1, -0.05) is 11.6 Å². The van der Waals surface area contributed by atoms with Gasteiger partial charge in [-0.05, 0) is 37.3 Å². The molecule has 1 aliphatic heterocycles. The van der Waals surface area contributed by atoms with Crippen LogP contribution in [0.2, 0.25) is 5.02 Å². The van der Waals surface area contributed by atoms with Crippen LogP contribution in [0.25, 0.3) is 5.65 Å². The van der Waals surface area contributed by atoms with E-state index < -0.39 is 0 Å². The number of hydrogen-bond acceptors (Lipinski definition) is 5. The summed E-state index contributed by atoms with van der Waals surface area (Å²) < 4.78 is 1.56. The number of halogens is 1. The Kier molecular flexibility index (Phi) is 5.35. The van der Waals surface area contributed by atoms with Gasteiger partial charge in [-0.25, -0.2) is 9.50 Å². The molecule has 1 saturated heterocycles. The molecule has 9 heteroatoms. The maximum Gasteiger partial charge on any atom is 0.257 e. The number of aromatic nitrogens is 3. The molecule has 1 aromatic carbocycles. The summed E-state index contributed by atoms with van der Waals surface area (Å²) in [6.45, 7) is 4.38. The first-order valence-electron chi connectivity index (χ1n) is 9.39. The first-order chi connectivity index (χ1) is 14.0. The molecule has 1 fully saturated rings. The van der Waals surface area contributed by atoms with Crippen molar-refractivity contribution in [1.82, 2.24) is 24.8 Å². The highest BCUT2D eigenvalue weighted by Gasteiger charge is 2.23. The minimum Gasteiger partial charge on any atom is -0.368 e. The van der Waals surface area contributed by atoms with Gasteiger partial charge >= 0.3 is 0 Å². The van der Waals surface area contributed by atoms with Gasteiger partial charge < -0.3 is 15.1 Å². The Hall–Kier alpha value is -3.13. The van der Waals surface area contributed by atoms with Crippen molar-refractivity contribution in [3.63, 3.8) is 0 Å². The van der Waals surface area contributed by atoms with E-state index >= 15 is 0 Å². The highest BCUT2D eigenvalue weighted by Crippen LogP contribution is 2.19. The second kappa shape index (κ2) is 8.08. The average Bonchev–Trinajstić information content (AvgIpc) is 3.08. The summed E-state index contributed by atoms with van der Waals surface area (Å²) in [6.07, 6.45) is 3.34.